The summed E-state index contributed by atoms with van der Waals surface area (Å²) in [6, 6.07) is 43.1. The number of imidazole rings is 3. The van der Waals surface area contributed by atoms with Gasteiger partial charge in [-0.3, -0.25) is 49.0 Å². The number of fused-ring (bicyclic) bond motifs is 6. The van der Waals surface area contributed by atoms with Crippen LogP contribution in [0.3, 0.4) is 0 Å². The van der Waals surface area contributed by atoms with Gasteiger partial charge in [-0.1, -0.05) is 78.9 Å². The van der Waals surface area contributed by atoms with Crippen molar-refractivity contribution in [2.24, 2.45) is 0 Å². The van der Waals surface area contributed by atoms with Gasteiger partial charge in [0.2, 0.25) is 0 Å². The number of nitrogens with two attached hydrogens (primary N) is 1. The SMILES string of the molecule is CO.Nc1cccc2c(-c3nc(C(=O)NC4CCOCC4)c4n3CCN(C(=O)c3ccc[nH]3)C4)cccc12.O=C(Cl)c1ccc[nH]1.O=C(NC1CCOCC1)c1nc(-c2cccc3c([N+](=O)[O-])cccc23)n2c1CN(C(=O)c1ccc[nH]1)CC2.O=C(NC1CCOCC1)c1nc(-c2cccc3c([N+](=O)[O-])cccc23)n2c1CNCC2. The van der Waals surface area contributed by atoms with Crippen LogP contribution in [0.15, 0.2) is 164 Å². The number of nitrogens with zero attached hydrogens (tertiary/aromatic N) is 10. The lowest BCUT2D eigenvalue weighted by Crippen LogP contribution is -2.41. The van der Waals surface area contributed by atoms with Crippen molar-refractivity contribution in [3.63, 3.8) is 0 Å². The Kier molecular flexibility index (Phi) is 24.7. The van der Waals surface area contributed by atoms with E-state index in [-0.39, 0.29) is 76.2 Å². The highest BCUT2D eigenvalue weighted by molar-refractivity contribution is 6.67. The van der Waals surface area contributed by atoms with Gasteiger partial charge in [0.25, 0.3) is 46.2 Å². The summed E-state index contributed by atoms with van der Waals surface area (Å²) in [5.41, 5.74) is 14.1. The Morgan fingerprint density at radius 3 is 1.17 bits per heavy atom. The zero-order valence-electron chi connectivity index (χ0n) is 62.9. The number of ether oxygens (including phenoxy) is 3. The fourth-order valence-corrected chi connectivity index (χ4v) is 15.5. The molecular weight excluding hydrogens is 1500 g/mol. The molecule has 10 N–H and O–H groups in total. The van der Waals surface area contributed by atoms with E-state index < -0.39 is 10.2 Å². The molecule has 0 radical (unpaired) electrons. The highest BCUT2D eigenvalue weighted by atomic mass is 35.5. The topological polar surface area (TPSA) is 418 Å². The monoisotopic (exact) mass is 1580 g/mol. The number of nitro groups is 2. The molecular formula is C82H85ClN18O14. The van der Waals surface area contributed by atoms with Crippen LogP contribution in [0.4, 0.5) is 17.1 Å². The van der Waals surface area contributed by atoms with Crippen molar-refractivity contribution < 1.29 is 57.9 Å². The molecule has 12 aromatic rings. The lowest BCUT2D eigenvalue weighted by Gasteiger charge is -2.29. The summed E-state index contributed by atoms with van der Waals surface area (Å²) in [6.07, 6.45) is 9.65. The van der Waals surface area contributed by atoms with Crippen LogP contribution >= 0.6 is 11.6 Å². The maximum absolute atomic E-state index is 13.5. The van der Waals surface area contributed by atoms with Crippen LogP contribution < -0.4 is 27.0 Å². The van der Waals surface area contributed by atoms with E-state index in [0.29, 0.717) is 165 Å². The number of aromatic nitrogens is 9. The summed E-state index contributed by atoms with van der Waals surface area (Å²) in [4.78, 5) is 125. The normalized spacial score (nSPS) is 15.5. The number of anilines is 1. The maximum atomic E-state index is 13.5. The molecule has 18 rings (SSSR count). The number of non-ortho nitro benzene ring substituents is 2. The fourth-order valence-electron chi connectivity index (χ4n) is 15.4. The molecule has 6 aromatic heterocycles. The van der Waals surface area contributed by atoms with Gasteiger partial charge in [0.15, 0.2) is 17.1 Å². The average Bonchev–Trinajstić information content (AvgIpc) is 1.61. The Bertz CT molecular complexity index is 5570. The summed E-state index contributed by atoms with van der Waals surface area (Å²) < 4.78 is 22.3. The van der Waals surface area contributed by atoms with E-state index in [0.717, 1.165) is 90.9 Å². The zero-order valence-corrected chi connectivity index (χ0v) is 63.6. The lowest BCUT2D eigenvalue weighted by molar-refractivity contribution is -0.383. The van der Waals surface area contributed by atoms with Gasteiger partial charge in [-0.2, -0.15) is 0 Å². The first-order chi connectivity index (χ1) is 56.0. The predicted octanol–water partition coefficient (Wildman–Crippen LogP) is 10.3. The van der Waals surface area contributed by atoms with E-state index in [9.17, 15) is 49.0 Å². The maximum Gasteiger partial charge on any atom is 0.277 e. The average molecular weight is 1580 g/mol. The van der Waals surface area contributed by atoms with Crippen molar-refractivity contribution in [1.82, 2.24) is 74.7 Å². The predicted molar refractivity (Wildman–Crippen MR) is 429 cm³/mol. The molecule has 3 fully saturated rings. The van der Waals surface area contributed by atoms with Gasteiger partial charge in [0.1, 0.15) is 28.9 Å². The quantitative estimate of drug-likeness (QED) is 0.0211. The number of halogens is 1. The largest absolute Gasteiger partial charge is 0.400 e. The third-order valence-electron chi connectivity index (χ3n) is 21.1. The van der Waals surface area contributed by atoms with Gasteiger partial charge < -0.3 is 84.8 Å². The van der Waals surface area contributed by atoms with Crippen molar-refractivity contribution in [2.75, 3.05) is 72.1 Å². The Hall–Kier alpha value is -12.7. The highest BCUT2D eigenvalue weighted by Gasteiger charge is 2.36. The number of hydrogen-bond acceptors (Lipinski definition) is 19. The van der Waals surface area contributed by atoms with Crippen LogP contribution in [-0.2, 0) is 53.5 Å². The van der Waals surface area contributed by atoms with Crippen LogP contribution in [-0.4, -0.2) is 188 Å². The third-order valence-corrected chi connectivity index (χ3v) is 21.3. The van der Waals surface area contributed by atoms with Gasteiger partial charge in [-0.15, -0.1) is 0 Å². The Morgan fingerprint density at radius 2 is 0.800 bits per heavy atom. The molecule has 6 aliphatic rings. The van der Waals surface area contributed by atoms with E-state index in [1.807, 2.05) is 65.2 Å². The van der Waals surface area contributed by atoms with Crippen LogP contribution in [0.2, 0.25) is 0 Å². The summed E-state index contributed by atoms with van der Waals surface area (Å²) in [5.74, 6) is 0.985. The molecule has 6 aliphatic heterocycles. The van der Waals surface area contributed by atoms with Crippen molar-refractivity contribution in [2.45, 2.75) is 95.9 Å². The summed E-state index contributed by atoms with van der Waals surface area (Å²) >= 11 is 5.07. The minimum atomic E-state index is -0.449. The number of aromatic amines is 3. The number of nitro benzene ring substituents is 2. The number of nitrogens with one attached hydrogen (secondary N) is 7. The lowest BCUT2D eigenvalue weighted by atomic mass is 10.0. The van der Waals surface area contributed by atoms with Crippen molar-refractivity contribution in [1.29, 1.82) is 0 Å². The number of rotatable bonds is 14. The van der Waals surface area contributed by atoms with Crippen LogP contribution in [0.1, 0.15) is 119 Å². The number of nitrogen functional groups attached to an aromatic ring is 1. The first-order valence-electron chi connectivity index (χ1n) is 37.9. The van der Waals surface area contributed by atoms with E-state index in [1.54, 1.807) is 101 Å². The second kappa shape index (κ2) is 36.0. The van der Waals surface area contributed by atoms with Crippen LogP contribution in [0, 0.1) is 20.2 Å². The molecule has 0 saturated carbocycles. The summed E-state index contributed by atoms with van der Waals surface area (Å²) in [6.45, 7) is 8.15. The van der Waals surface area contributed by atoms with Gasteiger partial charge >= 0.3 is 0 Å². The number of amides is 5. The molecule has 0 atom stereocenters. The molecule has 32 nitrogen and oxygen atoms in total. The van der Waals surface area contributed by atoms with Crippen molar-refractivity contribution in [3.8, 4) is 34.2 Å². The molecule has 12 heterocycles. The first kappa shape index (κ1) is 78.9. The number of H-pyrrole nitrogens is 3. The van der Waals surface area contributed by atoms with Gasteiger partial charge in [-0.05, 0) is 121 Å². The minimum Gasteiger partial charge on any atom is -0.400 e. The molecule has 3 saturated heterocycles. The third kappa shape index (κ3) is 17.1. The van der Waals surface area contributed by atoms with Gasteiger partial charge in [0.05, 0.1) is 56.5 Å². The molecule has 0 spiro atoms. The second-order valence-electron chi connectivity index (χ2n) is 28.0. The Labute approximate surface area is 663 Å². The molecule has 594 valence electrons. The van der Waals surface area contributed by atoms with E-state index in [2.05, 4.69) is 45.4 Å². The van der Waals surface area contributed by atoms with E-state index >= 15 is 0 Å². The minimum absolute atomic E-state index is 0.00924. The summed E-state index contributed by atoms with van der Waals surface area (Å²) in [7, 11) is 1.00. The second-order valence-corrected chi connectivity index (χ2v) is 28.3. The standard InChI is InChI=1S/C27H26N6O5.C27H28N6O3.C22H23N5O4.C5H4ClNO.CH4O/c34-26(29-17-9-14-38-15-10-17)24-23-16-31(27(35)21-7-3-11-28-21)12-13-32(23)25(30-24)20-6-1-5-19-18(20)4-2-8-22(19)33(36)37;28-21-7-2-4-18-19(21)5-1-6-20(18)25-31-24(26(34)30-17-9-14-36-15-10-17)23-16-32(12-13-33(23)25)27(35)22-8-3-11-29-22;28-22(24-14-7-11-31-12-8-14)20-19-13-23-9-10-26(19)21(25-20)17-5-1-4-16-15(17)3-2-6-18(16)27(29)30;6-5(8)4-2-1-3-7-4;1-2/h1-8,11,17,28H,9-10,12-16H2,(H,29,34);1-8,11,17,29H,9-10,12-16,28H2,(H,30,34);1-6,14,23H,7-13H2,(H,24,28);1-3,7H;2H,1H3. The van der Waals surface area contributed by atoms with Crippen LogP contribution in [0.5, 0.6) is 0 Å². The summed E-state index contributed by atoms with van der Waals surface area (Å²) in [5, 5.41) is 46.8. The Balaban J connectivity index is 0.000000135. The van der Waals surface area contributed by atoms with E-state index in [1.165, 1.54) is 12.1 Å². The molecule has 115 heavy (non-hydrogen) atoms. The number of hydrogen-bond donors (Lipinski definition) is 9. The van der Waals surface area contributed by atoms with E-state index in [4.69, 9.17) is 51.6 Å². The number of aliphatic hydroxyl groups is 1. The first-order valence-corrected chi connectivity index (χ1v) is 38.3. The smallest absolute Gasteiger partial charge is 0.277 e. The van der Waals surface area contributed by atoms with Crippen molar-refractivity contribution in [3.05, 3.63) is 236 Å². The fraction of sp³-hybridized carbons (Fsp3) is 0.305. The molecule has 33 heteroatoms. The highest BCUT2D eigenvalue weighted by Crippen LogP contribution is 2.39. The number of carbonyl (C=O) groups is 6. The van der Waals surface area contributed by atoms with Gasteiger partial charge in [0, 0.05) is 169 Å². The number of benzene rings is 6. The zero-order chi connectivity index (χ0) is 80.2. The number of aliphatic hydroxyl groups excluding tert-OH is 1. The molecule has 0 bridgehead atoms. The van der Waals surface area contributed by atoms with Crippen LogP contribution in [0.25, 0.3) is 66.5 Å². The molecule has 5 amide bonds. The molecule has 6 aromatic carbocycles. The van der Waals surface area contributed by atoms with Crippen molar-refractivity contribution >= 4 is 95.8 Å². The Morgan fingerprint density at radius 1 is 0.452 bits per heavy atom. The molecule has 0 aliphatic carbocycles. The van der Waals surface area contributed by atoms with Gasteiger partial charge in [-0.25, -0.2) is 15.0 Å². The molecule has 0 unspecified atom stereocenters. The number of carbonyl (C=O) groups excluding carboxylic acids is 6.